The Kier molecular flexibility index (Phi) is 5.34. The smallest absolute Gasteiger partial charge is 0.226 e. The summed E-state index contributed by atoms with van der Waals surface area (Å²) in [5, 5.41) is 7.50. The zero-order valence-electron chi connectivity index (χ0n) is 12.4. The van der Waals surface area contributed by atoms with Crippen molar-refractivity contribution in [1.29, 1.82) is 0 Å². The van der Waals surface area contributed by atoms with Gasteiger partial charge in [0.25, 0.3) is 0 Å². The SMILES string of the molecule is CNC1CCCCC1Cc1nc(CCN(C)C)no1. The molecule has 0 aliphatic heterocycles. The minimum Gasteiger partial charge on any atom is -0.339 e. The molecule has 1 fully saturated rings. The standard InChI is InChI=1S/C14H26N4O/c1-15-12-7-5-4-6-11(12)10-14-16-13(17-19-14)8-9-18(2)3/h11-12,15H,4-10H2,1-3H3. The molecule has 1 heterocycles. The maximum absolute atomic E-state index is 5.39. The van der Waals surface area contributed by atoms with Crippen molar-refractivity contribution in [3.63, 3.8) is 0 Å². The van der Waals surface area contributed by atoms with Gasteiger partial charge in [-0.15, -0.1) is 0 Å². The van der Waals surface area contributed by atoms with Crippen molar-refractivity contribution < 1.29 is 4.52 Å². The van der Waals surface area contributed by atoms with E-state index in [4.69, 9.17) is 4.52 Å². The first kappa shape index (κ1) is 14.5. The summed E-state index contributed by atoms with van der Waals surface area (Å²) < 4.78 is 5.39. The fourth-order valence-electron chi connectivity index (χ4n) is 2.85. The highest BCUT2D eigenvalue weighted by atomic mass is 16.5. The summed E-state index contributed by atoms with van der Waals surface area (Å²) in [4.78, 5) is 6.65. The highest BCUT2D eigenvalue weighted by Gasteiger charge is 2.25. The van der Waals surface area contributed by atoms with E-state index in [-0.39, 0.29) is 0 Å². The first-order valence-corrected chi connectivity index (χ1v) is 7.32. The average molecular weight is 266 g/mol. The molecule has 0 saturated heterocycles. The number of likely N-dealkylation sites (N-methyl/N-ethyl adjacent to an activating group) is 1. The van der Waals surface area contributed by atoms with Crippen molar-refractivity contribution in [2.45, 2.75) is 44.6 Å². The van der Waals surface area contributed by atoms with Gasteiger partial charge in [0, 0.05) is 25.4 Å². The van der Waals surface area contributed by atoms with Gasteiger partial charge in [0.15, 0.2) is 5.82 Å². The van der Waals surface area contributed by atoms with E-state index in [0.29, 0.717) is 12.0 Å². The Morgan fingerprint density at radius 2 is 2.11 bits per heavy atom. The predicted octanol–water partition coefficient (Wildman–Crippen LogP) is 1.49. The normalized spacial score (nSPS) is 24.0. The number of hydrogen-bond acceptors (Lipinski definition) is 5. The quantitative estimate of drug-likeness (QED) is 0.845. The molecule has 19 heavy (non-hydrogen) atoms. The zero-order valence-corrected chi connectivity index (χ0v) is 12.4. The third kappa shape index (κ3) is 4.28. The first-order chi connectivity index (χ1) is 9.19. The Bertz CT molecular complexity index is 377. The molecule has 0 spiro atoms. The lowest BCUT2D eigenvalue weighted by molar-refractivity contribution is 0.248. The minimum atomic E-state index is 0.603. The molecule has 5 heteroatoms. The van der Waals surface area contributed by atoms with E-state index >= 15 is 0 Å². The largest absolute Gasteiger partial charge is 0.339 e. The monoisotopic (exact) mass is 266 g/mol. The van der Waals surface area contributed by atoms with Crippen molar-refractivity contribution in [1.82, 2.24) is 20.4 Å². The first-order valence-electron chi connectivity index (χ1n) is 7.32. The van der Waals surface area contributed by atoms with Gasteiger partial charge in [-0.1, -0.05) is 18.0 Å². The van der Waals surface area contributed by atoms with Gasteiger partial charge in [0.2, 0.25) is 5.89 Å². The second-order valence-electron chi connectivity index (χ2n) is 5.80. The number of aromatic nitrogens is 2. The fraction of sp³-hybridized carbons (Fsp3) is 0.857. The van der Waals surface area contributed by atoms with Crippen LogP contribution in [-0.4, -0.2) is 48.8 Å². The lowest BCUT2D eigenvalue weighted by Crippen LogP contribution is -2.37. The van der Waals surface area contributed by atoms with E-state index in [2.05, 4.69) is 41.5 Å². The molecule has 0 aromatic carbocycles. The highest BCUT2D eigenvalue weighted by molar-refractivity contribution is 4.92. The van der Waals surface area contributed by atoms with Crippen LogP contribution in [0.3, 0.4) is 0 Å². The van der Waals surface area contributed by atoms with Crippen LogP contribution in [0.1, 0.15) is 37.4 Å². The lowest BCUT2D eigenvalue weighted by Gasteiger charge is -2.30. The molecular formula is C14H26N4O. The molecule has 0 amide bonds. The second-order valence-corrected chi connectivity index (χ2v) is 5.80. The topological polar surface area (TPSA) is 54.2 Å². The zero-order chi connectivity index (χ0) is 13.7. The van der Waals surface area contributed by atoms with Crippen molar-refractivity contribution in [3.05, 3.63) is 11.7 Å². The van der Waals surface area contributed by atoms with E-state index in [1.807, 2.05) is 0 Å². The van der Waals surface area contributed by atoms with Gasteiger partial charge < -0.3 is 14.7 Å². The molecule has 5 nitrogen and oxygen atoms in total. The average Bonchev–Trinajstić information content (AvgIpc) is 2.85. The van der Waals surface area contributed by atoms with Crippen LogP contribution in [-0.2, 0) is 12.8 Å². The summed E-state index contributed by atoms with van der Waals surface area (Å²) >= 11 is 0. The van der Waals surface area contributed by atoms with Crippen LogP contribution in [0.2, 0.25) is 0 Å². The van der Waals surface area contributed by atoms with Gasteiger partial charge in [-0.05, 0) is 39.9 Å². The Labute approximate surface area is 115 Å². The van der Waals surface area contributed by atoms with Crippen LogP contribution in [0.25, 0.3) is 0 Å². The van der Waals surface area contributed by atoms with Gasteiger partial charge in [-0.3, -0.25) is 0 Å². The summed E-state index contributed by atoms with van der Waals surface area (Å²) in [6.45, 7) is 0.960. The van der Waals surface area contributed by atoms with Crippen LogP contribution >= 0.6 is 0 Å². The molecule has 2 atom stereocenters. The third-order valence-corrected chi connectivity index (χ3v) is 4.01. The van der Waals surface area contributed by atoms with E-state index in [0.717, 1.165) is 31.1 Å². The van der Waals surface area contributed by atoms with Crippen LogP contribution in [0.5, 0.6) is 0 Å². The van der Waals surface area contributed by atoms with Crippen molar-refractivity contribution >= 4 is 0 Å². The van der Waals surface area contributed by atoms with Crippen LogP contribution in [0, 0.1) is 5.92 Å². The Morgan fingerprint density at radius 1 is 1.32 bits per heavy atom. The van der Waals surface area contributed by atoms with Gasteiger partial charge in [0.1, 0.15) is 0 Å². The van der Waals surface area contributed by atoms with Gasteiger partial charge in [-0.2, -0.15) is 4.98 Å². The third-order valence-electron chi connectivity index (χ3n) is 4.01. The molecule has 2 unspecified atom stereocenters. The molecule has 2 rings (SSSR count). The highest BCUT2D eigenvalue weighted by Crippen LogP contribution is 2.26. The van der Waals surface area contributed by atoms with E-state index < -0.39 is 0 Å². The maximum atomic E-state index is 5.39. The minimum absolute atomic E-state index is 0.603. The van der Waals surface area contributed by atoms with Gasteiger partial charge >= 0.3 is 0 Å². The molecule has 1 aliphatic rings. The Hall–Kier alpha value is -0.940. The van der Waals surface area contributed by atoms with Crippen molar-refractivity contribution in [3.8, 4) is 0 Å². The summed E-state index contributed by atoms with van der Waals surface area (Å²) in [6, 6.07) is 0.603. The maximum Gasteiger partial charge on any atom is 0.226 e. The molecule has 1 N–H and O–H groups in total. The molecule has 1 aliphatic carbocycles. The van der Waals surface area contributed by atoms with E-state index in [9.17, 15) is 0 Å². The summed E-state index contributed by atoms with van der Waals surface area (Å²) in [5.41, 5.74) is 0. The molecular weight excluding hydrogens is 240 g/mol. The summed E-state index contributed by atoms with van der Waals surface area (Å²) in [7, 11) is 6.17. The Morgan fingerprint density at radius 3 is 2.84 bits per heavy atom. The van der Waals surface area contributed by atoms with Gasteiger partial charge in [-0.25, -0.2) is 0 Å². The number of hydrogen-bond donors (Lipinski definition) is 1. The molecule has 108 valence electrons. The summed E-state index contributed by atoms with van der Waals surface area (Å²) in [5.74, 6) is 2.28. The van der Waals surface area contributed by atoms with Crippen molar-refractivity contribution in [2.75, 3.05) is 27.7 Å². The fourth-order valence-corrected chi connectivity index (χ4v) is 2.85. The lowest BCUT2D eigenvalue weighted by atomic mass is 9.82. The molecule has 0 radical (unpaired) electrons. The Balaban J connectivity index is 1.88. The number of nitrogens with one attached hydrogen (secondary N) is 1. The molecule has 1 aromatic rings. The summed E-state index contributed by atoms with van der Waals surface area (Å²) in [6.07, 6.45) is 6.96. The van der Waals surface area contributed by atoms with Crippen molar-refractivity contribution in [2.24, 2.45) is 5.92 Å². The molecule has 1 aromatic heterocycles. The van der Waals surface area contributed by atoms with E-state index in [1.54, 1.807) is 0 Å². The number of nitrogens with zero attached hydrogens (tertiary/aromatic N) is 3. The number of rotatable bonds is 6. The van der Waals surface area contributed by atoms with E-state index in [1.165, 1.54) is 25.7 Å². The second kappa shape index (κ2) is 7.01. The predicted molar refractivity (Wildman–Crippen MR) is 75.1 cm³/mol. The van der Waals surface area contributed by atoms with Crippen LogP contribution in [0.15, 0.2) is 4.52 Å². The van der Waals surface area contributed by atoms with Gasteiger partial charge in [0.05, 0.1) is 0 Å². The van der Waals surface area contributed by atoms with Crippen LogP contribution < -0.4 is 5.32 Å². The molecule has 1 saturated carbocycles. The van der Waals surface area contributed by atoms with Crippen LogP contribution in [0.4, 0.5) is 0 Å². The molecule has 0 bridgehead atoms.